The van der Waals surface area contributed by atoms with Gasteiger partial charge in [-0.1, -0.05) is 71.8 Å². The molecule has 0 saturated carbocycles. The molecule has 1 unspecified atom stereocenters. The summed E-state index contributed by atoms with van der Waals surface area (Å²) in [5, 5.41) is 11.2. The van der Waals surface area contributed by atoms with Crippen molar-refractivity contribution in [2.75, 3.05) is 0 Å². The van der Waals surface area contributed by atoms with E-state index in [2.05, 4.69) is 0 Å². The van der Waals surface area contributed by atoms with Gasteiger partial charge in [-0.2, -0.15) is 0 Å². The third-order valence-corrected chi connectivity index (χ3v) is 4.50. The number of para-hydroxylation sites is 1. The quantitative estimate of drug-likeness (QED) is 0.256. The van der Waals surface area contributed by atoms with Crippen molar-refractivity contribution in [1.29, 1.82) is 0 Å². The van der Waals surface area contributed by atoms with Gasteiger partial charge in [0.15, 0.2) is 6.10 Å². The van der Waals surface area contributed by atoms with Gasteiger partial charge in [0.2, 0.25) is 5.78 Å². The minimum absolute atomic E-state index is 0.202. The molecule has 0 saturated heterocycles. The number of aryl methyl sites for hydroxylation is 2. The van der Waals surface area contributed by atoms with Crippen LogP contribution >= 0.6 is 0 Å². The van der Waals surface area contributed by atoms with Gasteiger partial charge in [-0.15, -0.1) is 0 Å². The van der Waals surface area contributed by atoms with E-state index in [0.717, 1.165) is 11.1 Å². The van der Waals surface area contributed by atoms with Crippen molar-refractivity contribution >= 4 is 17.4 Å². The number of hydrogen-bond donors (Lipinski definition) is 0. The van der Waals surface area contributed by atoms with E-state index in [-0.39, 0.29) is 11.3 Å². The van der Waals surface area contributed by atoms with E-state index < -0.39 is 22.8 Å². The van der Waals surface area contributed by atoms with Gasteiger partial charge in [-0.05, 0) is 19.9 Å². The van der Waals surface area contributed by atoms with Crippen LogP contribution in [0.15, 0.2) is 72.8 Å². The van der Waals surface area contributed by atoms with Gasteiger partial charge >= 0.3 is 5.97 Å². The molecule has 0 spiro atoms. The molecule has 0 radical (unpaired) electrons. The molecule has 3 rings (SSSR count). The van der Waals surface area contributed by atoms with Crippen molar-refractivity contribution in [3.8, 4) is 0 Å². The highest BCUT2D eigenvalue weighted by Crippen LogP contribution is 2.27. The average Bonchev–Trinajstić information content (AvgIpc) is 2.72. The van der Waals surface area contributed by atoms with Gasteiger partial charge in [0.05, 0.1) is 4.92 Å². The van der Waals surface area contributed by atoms with Gasteiger partial charge < -0.3 is 4.74 Å². The van der Waals surface area contributed by atoms with Crippen LogP contribution in [-0.2, 0) is 4.74 Å². The molecule has 0 amide bonds. The summed E-state index contributed by atoms with van der Waals surface area (Å²) in [5.74, 6) is -1.33. The van der Waals surface area contributed by atoms with E-state index >= 15 is 0 Å². The van der Waals surface area contributed by atoms with Crippen LogP contribution in [0.3, 0.4) is 0 Å². The summed E-state index contributed by atoms with van der Waals surface area (Å²) in [5.41, 5.74) is 2.28. The molecule has 6 nitrogen and oxygen atoms in total. The van der Waals surface area contributed by atoms with Gasteiger partial charge in [-0.3, -0.25) is 14.9 Å². The Kier molecular flexibility index (Phi) is 5.83. The van der Waals surface area contributed by atoms with Gasteiger partial charge in [0.1, 0.15) is 5.56 Å². The number of rotatable bonds is 6. The van der Waals surface area contributed by atoms with Crippen LogP contribution in [0.1, 0.15) is 43.5 Å². The second-order valence-corrected chi connectivity index (χ2v) is 6.70. The van der Waals surface area contributed by atoms with E-state index in [4.69, 9.17) is 4.74 Å². The van der Waals surface area contributed by atoms with Crippen LogP contribution in [0, 0.1) is 24.0 Å². The first kappa shape index (κ1) is 19.9. The summed E-state index contributed by atoms with van der Waals surface area (Å²) >= 11 is 0. The molecule has 0 aromatic heterocycles. The Morgan fingerprint density at radius 2 is 1.41 bits per heavy atom. The lowest BCUT2D eigenvalue weighted by atomic mass is 9.98. The lowest BCUT2D eigenvalue weighted by Crippen LogP contribution is -2.21. The Labute approximate surface area is 167 Å². The van der Waals surface area contributed by atoms with Crippen LogP contribution in [0.2, 0.25) is 0 Å². The molecule has 0 fully saturated rings. The summed E-state index contributed by atoms with van der Waals surface area (Å²) in [4.78, 5) is 36.4. The van der Waals surface area contributed by atoms with Crippen molar-refractivity contribution in [1.82, 2.24) is 0 Å². The zero-order valence-electron chi connectivity index (χ0n) is 16.0. The topological polar surface area (TPSA) is 86.5 Å². The molecule has 1 atom stereocenters. The average molecular weight is 389 g/mol. The standard InChI is InChI=1S/C23H19NO5/c1-15-7-11-17(12-8-15)21(25)22(18-13-9-16(2)10-14-18)29-23(26)19-5-3-4-6-20(19)24(27)28/h3-14,22H,1-2H3. The third kappa shape index (κ3) is 4.55. The highest BCUT2D eigenvalue weighted by molar-refractivity contribution is 6.02. The summed E-state index contributed by atoms with van der Waals surface area (Å²) in [6, 6.07) is 19.4. The van der Waals surface area contributed by atoms with E-state index in [1.807, 2.05) is 26.0 Å². The second kappa shape index (κ2) is 8.48. The summed E-state index contributed by atoms with van der Waals surface area (Å²) in [6.45, 7) is 3.81. The highest BCUT2D eigenvalue weighted by atomic mass is 16.6. The van der Waals surface area contributed by atoms with Crippen LogP contribution in [0.25, 0.3) is 0 Å². The summed E-state index contributed by atoms with van der Waals surface area (Å²) < 4.78 is 5.51. The normalized spacial score (nSPS) is 11.5. The zero-order valence-corrected chi connectivity index (χ0v) is 16.0. The summed E-state index contributed by atoms with van der Waals surface area (Å²) in [6.07, 6.45) is -1.22. The Morgan fingerprint density at radius 1 is 0.862 bits per heavy atom. The maximum atomic E-state index is 13.1. The van der Waals surface area contributed by atoms with Gasteiger partial charge in [-0.25, -0.2) is 4.79 Å². The largest absolute Gasteiger partial charge is 0.445 e. The molecule has 0 N–H and O–H groups in total. The molecule has 0 aliphatic heterocycles. The first-order valence-electron chi connectivity index (χ1n) is 8.98. The zero-order chi connectivity index (χ0) is 21.0. The number of esters is 1. The fourth-order valence-corrected chi connectivity index (χ4v) is 2.86. The van der Waals surface area contributed by atoms with Crippen molar-refractivity contribution in [2.24, 2.45) is 0 Å². The number of ketones is 1. The maximum absolute atomic E-state index is 13.1. The number of nitro benzene ring substituents is 1. The number of benzene rings is 3. The van der Waals surface area contributed by atoms with E-state index in [0.29, 0.717) is 11.1 Å². The Bertz CT molecular complexity index is 1060. The monoisotopic (exact) mass is 389 g/mol. The number of hydrogen-bond acceptors (Lipinski definition) is 5. The summed E-state index contributed by atoms with van der Waals surface area (Å²) in [7, 11) is 0. The van der Waals surface area contributed by atoms with Crippen LogP contribution in [-0.4, -0.2) is 16.7 Å². The van der Waals surface area contributed by atoms with Crippen LogP contribution in [0.4, 0.5) is 5.69 Å². The number of nitrogens with zero attached hydrogens (tertiary/aromatic N) is 1. The van der Waals surface area contributed by atoms with E-state index in [1.165, 1.54) is 24.3 Å². The predicted octanol–water partition coefficient (Wildman–Crippen LogP) is 4.99. The molecule has 0 aliphatic carbocycles. The smallest absolute Gasteiger partial charge is 0.346 e. The number of Topliss-reactive ketones (excluding diaryl/α,β-unsaturated/α-hetero) is 1. The molecule has 146 valence electrons. The van der Waals surface area contributed by atoms with Gasteiger partial charge in [0.25, 0.3) is 5.69 Å². The molecule has 29 heavy (non-hydrogen) atoms. The minimum atomic E-state index is -1.22. The predicted molar refractivity (Wildman–Crippen MR) is 108 cm³/mol. The first-order chi connectivity index (χ1) is 13.9. The molecule has 3 aromatic rings. The molecular formula is C23H19NO5. The van der Waals surface area contributed by atoms with E-state index in [1.54, 1.807) is 36.4 Å². The molecule has 3 aromatic carbocycles. The number of ether oxygens (including phenoxy) is 1. The maximum Gasteiger partial charge on any atom is 0.346 e. The lowest BCUT2D eigenvalue weighted by Gasteiger charge is -2.18. The third-order valence-electron chi connectivity index (χ3n) is 4.50. The first-order valence-corrected chi connectivity index (χ1v) is 8.98. The van der Waals surface area contributed by atoms with Crippen molar-refractivity contribution in [3.63, 3.8) is 0 Å². The second-order valence-electron chi connectivity index (χ2n) is 6.70. The van der Waals surface area contributed by atoms with Crippen LogP contribution in [0.5, 0.6) is 0 Å². The van der Waals surface area contributed by atoms with Crippen LogP contribution < -0.4 is 0 Å². The van der Waals surface area contributed by atoms with E-state index in [9.17, 15) is 19.7 Å². The number of carbonyl (C=O) groups excluding carboxylic acids is 2. The molecule has 0 heterocycles. The molecule has 0 bridgehead atoms. The Balaban J connectivity index is 1.98. The lowest BCUT2D eigenvalue weighted by molar-refractivity contribution is -0.385. The minimum Gasteiger partial charge on any atom is -0.445 e. The van der Waals surface area contributed by atoms with Crippen molar-refractivity contribution < 1.29 is 19.2 Å². The van der Waals surface area contributed by atoms with Crippen molar-refractivity contribution in [2.45, 2.75) is 20.0 Å². The molecular weight excluding hydrogens is 370 g/mol. The highest BCUT2D eigenvalue weighted by Gasteiger charge is 2.29. The van der Waals surface area contributed by atoms with Gasteiger partial charge in [0, 0.05) is 17.2 Å². The fourth-order valence-electron chi connectivity index (χ4n) is 2.86. The SMILES string of the molecule is Cc1ccc(C(=O)C(OC(=O)c2ccccc2[N+](=O)[O-])c2ccc(C)cc2)cc1. The Morgan fingerprint density at radius 3 is 2.00 bits per heavy atom. The number of carbonyl (C=O) groups is 2. The molecule has 6 heteroatoms. The Hall–Kier alpha value is -3.80. The van der Waals surface area contributed by atoms with Crippen molar-refractivity contribution in [3.05, 3.63) is 111 Å². The number of nitro groups is 1. The molecule has 0 aliphatic rings. The fraction of sp³-hybridized carbons (Fsp3) is 0.130.